The van der Waals surface area contributed by atoms with E-state index in [-0.39, 0.29) is 16.5 Å². The maximum atomic E-state index is 16.2. The third-order valence-electron chi connectivity index (χ3n) is 11.2. The molecule has 1 saturated heterocycles. The van der Waals surface area contributed by atoms with Crippen molar-refractivity contribution in [1.82, 2.24) is 29.7 Å². The predicted molar refractivity (Wildman–Crippen MR) is 173 cm³/mol. The van der Waals surface area contributed by atoms with Crippen LogP contribution in [0.25, 0.3) is 44.5 Å². The van der Waals surface area contributed by atoms with Crippen molar-refractivity contribution in [3.8, 4) is 33.5 Å². The van der Waals surface area contributed by atoms with Gasteiger partial charge < -0.3 is 14.9 Å². The molecule has 1 aliphatic heterocycles. The number of likely N-dealkylation sites (tertiary alicyclic amines) is 1. The van der Waals surface area contributed by atoms with Crippen LogP contribution in [0, 0.1) is 11.3 Å². The summed E-state index contributed by atoms with van der Waals surface area (Å²) in [6.45, 7) is 3.22. The van der Waals surface area contributed by atoms with E-state index in [1.54, 1.807) is 29.3 Å². The molecular weight excluding hydrogens is 582 g/mol. The lowest BCUT2D eigenvalue weighted by Gasteiger charge is -2.30. The second-order valence-corrected chi connectivity index (χ2v) is 14.4. The summed E-state index contributed by atoms with van der Waals surface area (Å²) in [4.78, 5) is 32.0. The largest absolute Gasteiger partial charge is 0.341 e. The molecule has 2 bridgehead atoms. The number of benzene rings is 3. The highest BCUT2D eigenvalue weighted by atomic mass is 19.3. The van der Waals surface area contributed by atoms with Crippen molar-refractivity contribution in [3.05, 3.63) is 83.6 Å². The smallest absolute Gasteiger partial charge is 0.299 e. The fourth-order valence-corrected chi connectivity index (χ4v) is 8.32. The summed E-state index contributed by atoms with van der Waals surface area (Å²) in [6, 6.07) is 17.5. The summed E-state index contributed by atoms with van der Waals surface area (Å²) in [5, 5.41) is 0. The Morgan fingerprint density at radius 2 is 1.70 bits per heavy atom. The monoisotopic (exact) mass is 618 g/mol. The summed E-state index contributed by atoms with van der Waals surface area (Å²) in [5.41, 5.74) is 6.06. The number of carbonyl (C=O) groups is 1. The second-order valence-electron chi connectivity index (χ2n) is 14.4. The lowest BCUT2D eigenvalue weighted by Crippen LogP contribution is -2.31. The number of hydrogen-bond donors (Lipinski definition) is 2. The Morgan fingerprint density at radius 1 is 0.978 bits per heavy atom. The summed E-state index contributed by atoms with van der Waals surface area (Å²) >= 11 is 0. The molecule has 7 nitrogen and oxygen atoms in total. The molecule has 3 aromatic carbocycles. The number of alkyl halides is 2. The number of hydrogen-bond acceptors (Lipinski definition) is 4. The molecule has 2 saturated carbocycles. The first kappa shape index (κ1) is 27.9. The zero-order chi connectivity index (χ0) is 31.4. The molecule has 9 heteroatoms. The summed E-state index contributed by atoms with van der Waals surface area (Å²) in [6.07, 6.45) is 8.50. The highest BCUT2D eigenvalue weighted by Gasteiger charge is 2.46. The summed E-state index contributed by atoms with van der Waals surface area (Å²) in [7, 11) is 2.20. The molecule has 1 unspecified atom stereocenters. The molecule has 9 rings (SSSR count). The number of piperidine rings is 1. The van der Waals surface area contributed by atoms with Crippen LogP contribution in [-0.4, -0.2) is 55.8 Å². The van der Waals surface area contributed by atoms with Crippen LogP contribution in [0.2, 0.25) is 0 Å². The SMILES string of the molecule is CN1C(c2nc3ccc(-c4ccc5c(c4)C(F)(F)c4cc(-c6cnc(CN(C=O)CC7(C)CC7)[nH]6)ccc4-5)cc3[nH]2)[C@H]2CC[C@@H]1C2. The summed E-state index contributed by atoms with van der Waals surface area (Å²) in [5.74, 6) is -0.868. The molecule has 1 amide bonds. The molecule has 46 heavy (non-hydrogen) atoms. The zero-order valence-corrected chi connectivity index (χ0v) is 26.0. The average Bonchev–Trinajstić information content (AvgIpc) is 3.60. The van der Waals surface area contributed by atoms with E-state index in [0.717, 1.165) is 47.2 Å². The van der Waals surface area contributed by atoms with E-state index in [2.05, 4.69) is 33.8 Å². The van der Waals surface area contributed by atoms with Gasteiger partial charge in [0.1, 0.15) is 11.6 Å². The Labute approximate surface area is 266 Å². The van der Waals surface area contributed by atoms with E-state index in [1.165, 1.54) is 19.3 Å². The first-order valence-corrected chi connectivity index (χ1v) is 16.3. The van der Waals surface area contributed by atoms with Crippen LogP contribution in [0.15, 0.2) is 60.8 Å². The number of halogens is 2. The van der Waals surface area contributed by atoms with Crippen LogP contribution >= 0.6 is 0 Å². The molecule has 4 aliphatic rings. The minimum absolute atomic E-state index is 0.00637. The average molecular weight is 619 g/mol. The fraction of sp³-hybridized carbons (Fsp3) is 0.378. The van der Waals surface area contributed by atoms with E-state index in [1.807, 2.05) is 36.4 Å². The minimum atomic E-state index is -3.15. The Hall–Kier alpha value is -4.37. The van der Waals surface area contributed by atoms with Crippen LogP contribution in [0.3, 0.4) is 0 Å². The van der Waals surface area contributed by atoms with Crippen LogP contribution in [0.1, 0.15) is 67.8 Å². The van der Waals surface area contributed by atoms with Gasteiger partial charge in [-0.3, -0.25) is 9.69 Å². The molecule has 3 heterocycles. The number of H-pyrrole nitrogens is 2. The third-order valence-corrected chi connectivity index (χ3v) is 11.2. The Bertz CT molecular complexity index is 2020. The molecule has 0 spiro atoms. The molecule has 3 atom stereocenters. The van der Waals surface area contributed by atoms with Crippen molar-refractivity contribution in [3.63, 3.8) is 0 Å². The number of carbonyl (C=O) groups excluding carboxylic acids is 1. The number of rotatable bonds is 8. The lowest BCUT2D eigenvalue weighted by molar-refractivity contribution is -0.119. The molecule has 3 aliphatic carbocycles. The molecule has 2 aromatic heterocycles. The van der Waals surface area contributed by atoms with Gasteiger partial charge in [0.2, 0.25) is 6.41 Å². The van der Waals surface area contributed by atoms with Crippen LogP contribution < -0.4 is 0 Å². The molecule has 2 N–H and O–H groups in total. The molecule has 5 aromatic rings. The van der Waals surface area contributed by atoms with Gasteiger partial charge in [-0.2, -0.15) is 8.78 Å². The van der Waals surface area contributed by atoms with Crippen molar-refractivity contribution in [2.24, 2.45) is 11.3 Å². The first-order chi connectivity index (χ1) is 22.2. The van der Waals surface area contributed by atoms with Crippen molar-refractivity contribution >= 4 is 17.4 Å². The molecule has 3 fully saturated rings. The fourth-order valence-electron chi connectivity index (χ4n) is 8.32. The second kappa shape index (κ2) is 9.82. The Kier molecular flexibility index (Phi) is 5.95. The summed E-state index contributed by atoms with van der Waals surface area (Å²) < 4.78 is 32.3. The standard InChI is InChI=1S/C37H36F2N6O/c1-36(11-12-36)19-45(20-46)18-33-40-17-32(41-33)23-5-9-27-26-8-4-21(14-28(26)37(38,39)29(27)15-23)22-6-10-30-31(16-22)43-35(42-30)34-24-3-7-25(13-24)44(34)2/h4-6,8-10,14-17,20,24-25,34H,3,7,11-13,18-19H2,1-2H3,(H,40,41)(H,42,43)/t24-,25+,34?/m0/s1. The van der Waals surface area contributed by atoms with Crippen LogP contribution in [0.5, 0.6) is 0 Å². The zero-order valence-electron chi connectivity index (χ0n) is 26.0. The predicted octanol–water partition coefficient (Wildman–Crippen LogP) is 7.65. The van der Waals surface area contributed by atoms with E-state index >= 15 is 8.78 Å². The topological polar surface area (TPSA) is 80.9 Å². The molecule has 234 valence electrons. The van der Waals surface area contributed by atoms with Crippen LogP contribution in [-0.2, 0) is 17.3 Å². The van der Waals surface area contributed by atoms with Gasteiger partial charge in [0.15, 0.2) is 0 Å². The van der Waals surface area contributed by atoms with Gasteiger partial charge in [-0.05, 0) is 97.0 Å². The van der Waals surface area contributed by atoms with E-state index in [4.69, 9.17) is 4.98 Å². The minimum Gasteiger partial charge on any atom is -0.341 e. The molecular formula is C37H36F2N6O. The van der Waals surface area contributed by atoms with Crippen molar-refractivity contribution in [1.29, 1.82) is 0 Å². The number of aromatic amines is 2. The number of fused-ring (bicyclic) bond motifs is 6. The number of nitrogens with zero attached hydrogens (tertiary/aromatic N) is 4. The van der Waals surface area contributed by atoms with Gasteiger partial charge in [0.25, 0.3) is 5.92 Å². The number of aromatic nitrogens is 4. The van der Waals surface area contributed by atoms with Gasteiger partial charge >= 0.3 is 0 Å². The van der Waals surface area contributed by atoms with Gasteiger partial charge in [0.05, 0.1) is 35.5 Å². The molecule has 0 radical (unpaired) electrons. The van der Waals surface area contributed by atoms with Crippen LogP contribution in [0.4, 0.5) is 8.78 Å². The van der Waals surface area contributed by atoms with E-state index in [0.29, 0.717) is 59.3 Å². The maximum absolute atomic E-state index is 16.2. The quantitative estimate of drug-likeness (QED) is 0.175. The Balaban J connectivity index is 0.986. The highest BCUT2D eigenvalue weighted by Crippen LogP contribution is 2.53. The maximum Gasteiger partial charge on any atom is 0.299 e. The first-order valence-electron chi connectivity index (χ1n) is 16.3. The number of nitrogens with one attached hydrogen (secondary N) is 2. The number of imidazole rings is 2. The van der Waals surface area contributed by atoms with Crippen molar-refractivity contribution in [2.75, 3.05) is 13.6 Å². The highest BCUT2D eigenvalue weighted by molar-refractivity contribution is 5.87. The lowest BCUT2D eigenvalue weighted by atomic mass is 9.98. The third kappa shape index (κ3) is 4.35. The van der Waals surface area contributed by atoms with Crippen molar-refractivity contribution in [2.45, 2.75) is 63.6 Å². The van der Waals surface area contributed by atoms with E-state index < -0.39 is 5.92 Å². The van der Waals surface area contributed by atoms with Gasteiger partial charge in [-0.15, -0.1) is 0 Å². The number of amides is 1. The Morgan fingerprint density at radius 3 is 2.41 bits per heavy atom. The van der Waals surface area contributed by atoms with Crippen molar-refractivity contribution < 1.29 is 13.6 Å². The van der Waals surface area contributed by atoms with Gasteiger partial charge in [-0.25, -0.2) is 9.97 Å². The van der Waals surface area contributed by atoms with Gasteiger partial charge in [0, 0.05) is 29.3 Å². The normalized spacial score (nSPS) is 23.5. The van der Waals surface area contributed by atoms with Gasteiger partial charge in [-0.1, -0.05) is 37.3 Å². The van der Waals surface area contributed by atoms with E-state index in [9.17, 15) is 4.79 Å².